The summed E-state index contributed by atoms with van der Waals surface area (Å²) in [5, 5.41) is 9.92. The number of anilines is 2. The molecule has 1 aliphatic carbocycles. The monoisotopic (exact) mass is 344 g/mol. The van der Waals surface area contributed by atoms with E-state index in [0.29, 0.717) is 11.8 Å². The van der Waals surface area contributed by atoms with Crippen LogP contribution in [0.25, 0.3) is 0 Å². The highest BCUT2D eigenvalue weighted by Gasteiger charge is 2.42. The molecule has 4 heteroatoms. The van der Waals surface area contributed by atoms with Crippen LogP contribution in [-0.4, -0.2) is 24.3 Å². The average molecular weight is 344 g/mol. The van der Waals surface area contributed by atoms with Gasteiger partial charge in [0.2, 0.25) is 0 Å². The second-order valence-electron chi connectivity index (χ2n) is 5.18. The maximum absolute atomic E-state index is 9.92. The topological polar surface area (TPSA) is 49.5 Å². The van der Waals surface area contributed by atoms with Gasteiger partial charge in [0.25, 0.3) is 0 Å². The summed E-state index contributed by atoms with van der Waals surface area (Å²) in [5.74, 6) is 1.11. The SMILES string of the molecule is Nc1cc(I)ccc1N1CC2CCC(O)C2C1. The molecule has 3 N–H and O–H groups in total. The molecule has 0 amide bonds. The van der Waals surface area contributed by atoms with Gasteiger partial charge in [-0.1, -0.05) is 0 Å². The maximum Gasteiger partial charge on any atom is 0.0600 e. The quantitative estimate of drug-likeness (QED) is 0.606. The second-order valence-corrected chi connectivity index (χ2v) is 6.42. The number of nitrogen functional groups attached to an aromatic ring is 1. The first kappa shape index (κ1) is 11.6. The first-order chi connectivity index (χ1) is 8.15. The van der Waals surface area contributed by atoms with Gasteiger partial charge in [-0.2, -0.15) is 0 Å². The fourth-order valence-electron chi connectivity index (χ4n) is 3.25. The van der Waals surface area contributed by atoms with Gasteiger partial charge in [-0.3, -0.25) is 0 Å². The lowest BCUT2D eigenvalue weighted by atomic mass is 10.00. The van der Waals surface area contributed by atoms with Gasteiger partial charge in [0.05, 0.1) is 17.5 Å². The zero-order valence-electron chi connectivity index (χ0n) is 9.64. The third-order valence-electron chi connectivity index (χ3n) is 4.15. The van der Waals surface area contributed by atoms with Crippen LogP contribution in [0.15, 0.2) is 18.2 Å². The van der Waals surface area contributed by atoms with Gasteiger partial charge in [0.15, 0.2) is 0 Å². The second kappa shape index (κ2) is 4.31. The van der Waals surface area contributed by atoms with Crippen LogP contribution in [-0.2, 0) is 0 Å². The van der Waals surface area contributed by atoms with Gasteiger partial charge < -0.3 is 15.7 Å². The third kappa shape index (κ3) is 2.01. The van der Waals surface area contributed by atoms with Gasteiger partial charge in [-0.25, -0.2) is 0 Å². The summed E-state index contributed by atoms with van der Waals surface area (Å²) >= 11 is 2.28. The maximum atomic E-state index is 9.92. The Hall–Kier alpha value is -0.490. The van der Waals surface area contributed by atoms with E-state index in [9.17, 15) is 5.11 Å². The van der Waals surface area contributed by atoms with Crippen LogP contribution in [0.1, 0.15) is 12.8 Å². The van der Waals surface area contributed by atoms with Crippen LogP contribution in [0.5, 0.6) is 0 Å². The van der Waals surface area contributed by atoms with Gasteiger partial charge in [0.1, 0.15) is 0 Å². The molecule has 1 saturated carbocycles. The van der Waals surface area contributed by atoms with E-state index >= 15 is 0 Å². The summed E-state index contributed by atoms with van der Waals surface area (Å²) in [7, 11) is 0. The van der Waals surface area contributed by atoms with E-state index in [1.807, 2.05) is 6.07 Å². The van der Waals surface area contributed by atoms with E-state index in [4.69, 9.17) is 5.73 Å². The summed E-state index contributed by atoms with van der Waals surface area (Å²) in [6.07, 6.45) is 2.04. The first-order valence-electron chi connectivity index (χ1n) is 6.13. The number of hydrogen-bond acceptors (Lipinski definition) is 3. The molecule has 1 saturated heterocycles. The van der Waals surface area contributed by atoms with Crippen molar-refractivity contribution in [2.45, 2.75) is 18.9 Å². The number of rotatable bonds is 1. The standard InChI is InChI=1S/C13H17IN2O/c14-9-2-3-12(11(15)5-9)16-6-8-1-4-13(17)10(8)7-16/h2-3,5,8,10,13,17H,1,4,6-7,15H2. The zero-order valence-corrected chi connectivity index (χ0v) is 11.8. The molecule has 2 fully saturated rings. The molecule has 3 nitrogen and oxygen atoms in total. The van der Waals surface area contributed by atoms with E-state index in [-0.39, 0.29) is 6.10 Å². The minimum absolute atomic E-state index is 0.102. The van der Waals surface area contributed by atoms with Crippen molar-refractivity contribution in [1.29, 1.82) is 0 Å². The highest BCUT2D eigenvalue weighted by molar-refractivity contribution is 14.1. The molecule has 0 bridgehead atoms. The van der Waals surface area contributed by atoms with Crippen molar-refractivity contribution >= 4 is 34.0 Å². The lowest BCUT2D eigenvalue weighted by Gasteiger charge is -2.22. The molecule has 3 unspecified atom stereocenters. The highest BCUT2D eigenvalue weighted by atomic mass is 127. The first-order valence-corrected chi connectivity index (χ1v) is 7.21. The van der Waals surface area contributed by atoms with Crippen molar-refractivity contribution in [3.63, 3.8) is 0 Å². The number of nitrogens with zero attached hydrogens (tertiary/aromatic N) is 1. The fraction of sp³-hybridized carbons (Fsp3) is 0.538. The van der Waals surface area contributed by atoms with Crippen molar-refractivity contribution < 1.29 is 5.11 Å². The molecule has 0 aromatic heterocycles. The minimum Gasteiger partial charge on any atom is -0.397 e. The van der Waals surface area contributed by atoms with E-state index in [1.165, 1.54) is 3.57 Å². The summed E-state index contributed by atoms with van der Waals surface area (Å²) in [6.45, 7) is 2.00. The van der Waals surface area contributed by atoms with Gasteiger partial charge in [-0.05, 0) is 59.5 Å². The molecule has 2 aliphatic rings. The Morgan fingerprint density at radius 3 is 2.82 bits per heavy atom. The smallest absolute Gasteiger partial charge is 0.0600 e. The predicted molar refractivity (Wildman–Crippen MR) is 78.0 cm³/mol. The Bertz CT molecular complexity index is 437. The van der Waals surface area contributed by atoms with Crippen molar-refractivity contribution in [3.05, 3.63) is 21.8 Å². The third-order valence-corrected chi connectivity index (χ3v) is 4.82. The molecule has 17 heavy (non-hydrogen) atoms. The number of nitrogens with two attached hydrogens (primary N) is 1. The van der Waals surface area contributed by atoms with Crippen molar-refractivity contribution in [3.8, 4) is 0 Å². The van der Waals surface area contributed by atoms with E-state index in [2.05, 4.69) is 39.6 Å². The number of halogens is 1. The number of aliphatic hydroxyl groups excluding tert-OH is 1. The van der Waals surface area contributed by atoms with Crippen LogP contribution in [0.2, 0.25) is 0 Å². The van der Waals surface area contributed by atoms with E-state index in [0.717, 1.165) is 37.3 Å². The molecule has 1 aromatic rings. The van der Waals surface area contributed by atoms with Crippen LogP contribution >= 0.6 is 22.6 Å². The zero-order chi connectivity index (χ0) is 12.0. The lowest BCUT2D eigenvalue weighted by molar-refractivity contribution is 0.133. The van der Waals surface area contributed by atoms with Gasteiger partial charge >= 0.3 is 0 Å². The lowest BCUT2D eigenvalue weighted by Crippen LogP contribution is -2.25. The summed E-state index contributed by atoms with van der Waals surface area (Å²) in [4.78, 5) is 2.34. The average Bonchev–Trinajstić information content (AvgIpc) is 2.81. The largest absolute Gasteiger partial charge is 0.397 e. The number of fused-ring (bicyclic) bond motifs is 1. The Kier molecular flexibility index (Phi) is 2.94. The summed E-state index contributed by atoms with van der Waals surface area (Å²) < 4.78 is 1.17. The Morgan fingerprint density at radius 1 is 1.29 bits per heavy atom. The molecular formula is C13H17IN2O. The Morgan fingerprint density at radius 2 is 2.12 bits per heavy atom. The van der Waals surface area contributed by atoms with Crippen molar-refractivity contribution in [2.75, 3.05) is 23.7 Å². The van der Waals surface area contributed by atoms with Crippen molar-refractivity contribution in [1.82, 2.24) is 0 Å². The van der Waals surface area contributed by atoms with Crippen LogP contribution < -0.4 is 10.6 Å². The summed E-state index contributed by atoms with van der Waals surface area (Å²) in [6, 6.07) is 6.21. The molecule has 3 rings (SSSR count). The molecule has 0 spiro atoms. The van der Waals surface area contributed by atoms with Crippen LogP contribution in [0, 0.1) is 15.4 Å². The molecule has 92 valence electrons. The normalized spacial score (nSPS) is 31.9. The number of benzene rings is 1. The minimum atomic E-state index is -0.102. The van der Waals surface area contributed by atoms with Crippen molar-refractivity contribution in [2.24, 2.45) is 11.8 Å². The highest BCUT2D eigenvalue weighted by Crippen LogP contribution is 2.41. The molecule has 1 aromatic carbocycles. The molecule has 3 atom stereocenters. The summed E-state index contributed by atoms with van der Waals surface area (Å²) in [5.41, 5.74) is 8.06. The Labute approximate surface area is 115 Å². The van der Waals surface area contributed by atoms with E-state index < -0.39 is 0 Å². The van der Waals surface area contributed by atoms with Gasteiger partial charge in [0, 0.05) is 22.6 Å². The molecule has 1 aliphatic heterocycles. The Balaban J connectivity index is 1.83. The van der Waals surface area contributed by atoms with Gasteiger partial charge in [-0.15, -0.1) is 0 Å². The fourth-order valence-corrected chi connectivity index (χ4v) is 3.76. The number of hydrogen-bond donors (Lipinski definition) is 2. The molecule has 1 heterocycles. The van der Waals surface area contributed by atoms with Crippen LogP contribution in [0.3, 0.4) is 0 Å². The number of aliphatic hydroxyl groups is 1. The predicted octanol–water partition coefficient (Wildman–Crippen LogP) is 2.08. The van der Waals surface area contributed by atoms with Crippen LogP contribution in [0.4, 0.5) is 11.4 Å². The molecule has 0 radical (unpaired) electrons. The van der Waals surface area contributed by atoms with E-state index in [1.54, 1.807) is 0 Å². The molecular weight excluding hydrogens is 327 g/mol.